The van der Waals surface area contributed by atoms with Gasteiger partial charge in [-0.1, -0.05) is 166 Å². The summed E-state index contributed by atoms with van der Waals surface area (Å²) < 4.78 is 0. The molecule has 0 atom stereocenters. The summed E-state index contributed by atoms with van der Waals surface area (Å²) in [5, 5.41) is 8.02. The minimum atomic E-state index is -0.864. The van der Waals surface area contributed by atoms with Crippen molar-refractivity contribution in [3.63, 3.8) is 0 Å². The minimum absolute atomic E-state index is 0.343. The number of allylic oxidation sites excluding steroid dienone is 5. The summed E-state index contributed by atoms with van der Waals surface area (Å²) in [4.78, 5) is 10.7. The predicted octanol–water partition coefficient (Wildman–Crippen LogP) is 11.5. The number of aliphatic imine (C=N–C) groups is 2. The van der Waals surface area contributed by atoms with Crippen LogP contribution in [0.4, 0.5) is 0 Å². The number of nitrogens with zero attached hydrogens (tertiary/aromatic N) is 2. The quantitative estimate of drug-likeness (QED) is 0.192. The SMILES string of the molecule is C=C1C2=C(C(c3ccccc3)=C1c1cccc3c#cc4ccccc4c13)C(C)(C)c1cc(C3(C)N=C(c4ccccc4)NC(c4ccccc4)=N3)ccc12. The van der Waals surface area contributed by atoms with E-state index in [4.69, 9.17) is 16.6 Å². The number of nitrogens with one attached hydrogen (secondary N) is 1. The van der Waals surface area contributed by atoms with Gasteiger partial charge in [-0.25, -0.2) is 9.98 Å². The Hall–Kier alpha value is -6.76. The summed E-state index contributed by atoms with van der Waals surface area (Å²) in [6.07, 6.45) is 0. The van der Waals surface area contributed by atoms with Crippen LogP contribution >= 0.6 is 0 Å². The number of fused-ring (bicyclic) bond motifs is 5. The second-order valence-electron chi connectivity index (χ2n) is 15.1. The van der Waals surface area contributed by atoms with Crippen LogP contribution in [0.5, 0.6) is 0 Å². The van der Waals surface area contributed by atoms with Crippen LogP contribution in [0.3, 0.4) is 0 Å². The van der Waals surface area contributed by atoms with E-state index in [0.717, 1.165) is 44.7 Å². The maximum absolute atomic E-state index is 5.33. The molecule has 0 fully saturated rings. The summed E-state index contributed by atoms with van der Waals surface area (Å²) in [5.74, 6) is 1.61. The van der Waals surface area contributed by atoms with Crippen LogP contribution in [0.15, 0.2) is 179 Å². The highest BCUT2D eigenvalue weighted by molar-refractivity contribution is 6.27. The Labute approximate surface area is 316 Å². The molecule has 0 radical (unpaired) electrons. The molecule has 1 heterocycles. The average Bonchev–Trinajstić information content (AvgIpc) is 3.66. The molecule has 0 spiro atoms. The van der Waals surface area contributed by atoms with Crippen molar-refractivity contribution in [1.82, 2.24) is 5.32 Å². The molecule has 0 amide bonds. The molecule has 0 saturated carbocycles. The van der Waals surface area contributed by atoms with Crippen LogP contribution in [0, 0.1) is 12.1 Å². The maximum atomic E-state index is 5.33. The number of benzene rings is 6. The minimum Gasteiger partial charge on any atom is -0.324 e. The Balaban J connectivity index is 1.16. The number of hydrogen-bond acceptors (Lipinski definition) is 3. The fraction of sp³-hybridized carbons (Fsp3) is 0.0980. The molecule has 3 heteroatoms. The Morgan fingerprint density at radius 2 is 1.11 bits per heavy atom. The summed E-state index contributed by atoms with van der Waals surface area (Å²) in [6, 6.07) is 60.2. The van der Waals surface area contributed by atoms with Gasteiger partial charge in [0.15, 0.2) is 5.66 Å². The normalized spacial score (nSPS) is 16.8. The summed E-state index contributed by atoms with van der Waals surface area (Å²) in [5.41, 5.74) is 12.7. The molecule has 10 rings (SSSR count). The Morgan fingerprint density at radius 3 is 1.78 bits per heavy atom. The average molecular weight is 692 g/mol. The predicted molar refractivity (Wildman–Crippen MR) is 224 cm³/mol. The first-order valence-electron chi connectivity index (χ1n) is 18.5. The molecular formula is C51H37N3. The molecule has 0 bridgehead atoms. The fourth-order valence-electron chi connectivity index (χ4n) is 8.82. The van der Waals surface area contributed by atoms with Gasteiger partial charge in [0, 0.05) is 38.3 Å². The second kappa shape index (κ2) is 11.9. The van der Waals surface area contributed by atoms with Crippen molar-refractivity contribution in [3.8, 4) is 0 Å². The molecule has 1 N–H and O–H groups in total. The van der Waals surface area contributed by atoms with Gasteiger partial charge in [0.05, 0.1) is 0 Å². The molecule has 3 aliphatic rings. The monoisotopic (exact) mass is 691 g/mol. The highest BCUT2D eigenvalue weighted by Crippen LogP contribution is 2.62. The lowest BCUT2D eigenvalue weighted by Gasteiger charge is -2.32. The van der Waals surface area contributed by atoms with Gasteiger partial charge < -0.3 is 5.32 Å². The Kier molecular flexibility index (Phi) is 7.03. The zero-order chi connectivity index (χ0) is 36.6. The summed E-state index contributed by atoms with van der Waals surface area (Å²) in [6.45, 7) is 11.8. The number of amidine groups is 2. The lowest BCUT2D eigenvalue weighted by Crippen LogP contribution is -2.40. The Morgan fingerprint density at radius 1 is 0.537 bits per heavy atom. The van der Waals surface area contributed by atoms with Crippen molar-refractivity contribution >= 4 is 49.9 Å². The van der Waals surface area contributed by atoms with Gasteiger partial charge in [0.2, 0.25) is 0 Å². The lowest BCUT2D eigenvalue weighted by atomic mass is 9.75. The first-order valence-corrected chi connectivity index (χ1v) is 18.5. The smallest absolute Gasteiger partial charge is 0.177 e. The van der Waals surface area contributed by atoms with Crippen molar-refractivity contribution in [2.24, 2.45) is 9.98 Å². The molecule has 1 aliphatic heterocycles. The van der Waals surface area contributed by atoms with Gasteiger partial charge in [0.25, 0.3) is 0 Å². The van der Waals surface area contributed by atoms with Crippen molar-refractivity contribution in [1.29, 1.82) is 0 Å². The maximum Gasteiger partial charge on any atom is 0.177 e. The molecule has 256 valence electrons. The van der Waals surface area contributed by atoms with Crippen molar-refractivity contribution < 1.29 is 0 Å². The molecule has 7 aromatic carbocycles. The lowest BCUT2D eigenvalue weighted by molar-refractivity contribution is 0.516. The third-order valence-electron chi connectivity index (χ3n) is 11.4. The fourth-order valence-corrected chi connectivity index (χ4v) is 8.82. The number of hydrogen-bond donors (Lipinski definition) is 1. The highest BCUT2D eigenvalue weighted by atomic mass is 15.2. The number of rotatable bonds is 5. The molecular weight excluding hydrogens is 655 g/mol. The van der Waals surface area contributed by atoms with Crippen molar-refractivity contribution in [3.05, 3.63) is 220 Å². The molecule has 3 nitrogen and oxygen atoms in total. The largest absolute Gasteiger partial charge is 0.324 e. The van der Waals surface area contributed by atoms with E-state index in [1.54, 1.807) is 0 Å². The second-order valence-corrected chi connectivity index (χ2v) is 15.1. The van der Waals surface area contributed by atoms with E-state index >= 15 is 0 Å². The molecule has 54 heavy (non-hydrogen) atoms. The van der Waals surface area contributed by atoms with E-state index in [2.05, 4.69) is 153 Å². The standard InChI is InChI=1S/C51H37N3/c1-32-43(41-26-16-24-35-28-27-33-17-14-15-25-39(33)45(35)41)46(34-18-8-5-9-19-34)47-44(32)40-30-29-38(31-42(40)50(47,2)3)51(4)53-48(36-20-10-6-11-21-36)52-49(54-51)37-22-12-7-13-23-37/h5-26,29-31H,1H2,2-4H3,(H,52,53,54). The van der Waals surface area contributed by atoms with E-state index in [9.17, 15) is 0 Å². The molecule has 0 unspecified atom stereocenters. The van der Waals surface area contributed by atoms with E-state index in [-0.39, 0.29) is 5.41 Å². The van der Waals surface area contributed by atoms with Crippen LogP contribution in [-0.2, 0) is 11.1 Å². The van der Waals surface area contributed by atoms with Crippen molar-refractivity contribution in [2.45, 2.75) is 31.8 Å². The first kappa shape index (κ1) is 31.9. The molecule has 2 aliphatic carbocycles. The zero-order valence-corrected chi connectivity index (χ0v) is 30.5. The topological polar surface area (TPSA) is 36.8 Å². The summed E-state index contributed by atoms with van der Waals surface area (Å²) >= 11 is 0. The van der Waals surface area contributed by atoms with Gasteiger partial charge in [0.1, 0.15) is 11.7 Å². The van der Waals surface area contributed by atoms with Crippen LogP contribution in [0.2, 0.25) is 0 Å². The zero-order valence-electron chi connectivity index (χ0n) is 30.5. The van der Waals surface area contributed by atoms with Crippen LogP contribution in [0.25, 0.3) is 38.3 Å². The third-order valence-corrected chi connectivity index (χ3v) is 11.4. The van der Waals surface area contributed by atoms with E-state index < -0.39 is 5.66 Å². The van der Waals surface area contributed by atoms with E-state index in [1.165, 1.54) is 55.3 Å². The van der Waals surface area contributed by atoms with Gasteiger partial charge in [-0.05, 0) is 80.6 Å². The van der Waals surface area contributed by atoms with Gasteiger partial charge in [-0.3, -0.25) is 0 Å². The van der Waals surface area contributed by atoms with Gasteiger partial charge in [-0.15, -0.1) is 0 Å². The third kappa shape index (κ3) is 4.77. The van der Waals surface area contributed by atoms with E-state index in [0.29, 0.717) is 0 Å². The van der Waals surface area contributed by atoms with Gasteiger partial charge >= 0.3 is 0 Å². The van der Waals surface area contributed by atoms with E-state index in [1.807, 2.05) is 36.4 Å². The van der Waals surface area contributed by atoms with Gasteiger partial charge in [-0.2, -0.15) is 0 Å². The van der Waals surface area contributed by atoms with Crippen LogP contribution in [0.1, 0.15) is 59.7 Å². The summed E-state index contributed by atoms with van der Waals surface area (Å²) in [7, 11) is 0. The highest BCUT2D eigenvalue weighted by Gasteiger charge is 2.47. The first-order chi connectivity index (χ1) is 26.3. The molecule has 7 aromatic rings. The van der Waals surface area contributed by atoms with Crippen LogP contribution in [-0.4, -0.2) is 11.7 Å². The Bertz CT molecular complexity index is 2760. The molecule has 0 saturated heterocycles. The van der Waals surface area contributed by atoms with Crippen LogP contribution < -0.4 is 5.32 Å². The molecule has 0 aromatic heterocycles. The van der Waals surface area contributed by atoms with Crippen molar-refractivity contribution in [2.75, 3.05) is 0 Å².